The standard InChI is InChI=1S/C11H10OS/c1-3-4-11(12)9-5-7-10(13-2)8-6-9/h1,5-8H,4H2,2H3. The van der Waals surface area contributed by atoms with Gasteiger partial charge in [0.15, 0.2) is 5.78 Å². The molecule has 1 nitrogen and oxygen atoms in total. The first kappa shape index (κ1) is 9.88. The van der Waals surface area contributed by atoms with Crippen LogP contribution in [0.3, 0.4) is 0 Å². The van der Waals surface area contributed by atoms with Crippen LogP contribution in [0, 0.1) is 12.3 Å². The Morgan fingerprint density at radius 2 is 2.08 bits per heavy atom. The lowest BCUT2D eigenvalue weighted by Crippen LogP contribution is -1.96. The molecule has 0 fully saturated rings. The summed E-state index contributed by atoms with van der Waals surface area (Å²) in [5.41, 5.74) is 0.691. The van der Waals surface area contributed by atoms with Gasteiger partial charge in [0, 0.05) is 10.5 Å². The van der Waals surface area contributed by atoms with E-state index in [4.69, 9.17) is 6.42 Å². The van der Waals surface area contributed by atoms with Crippen LogP contribution in [-0.4, -0.2) is 12.0 Å². The number of rotatable bonds is 3. The van der Waals surface area contributed by atoms with Crippen molar-refractivity contribution in [3.63, 3.8) is 0 Å². The Morgan fingerprint density at radius 1 is 1.46 bits per heavy atom. The Labute approximate surface area is 82.5 Å². The summed E-state index contributed by atoms with van der Waals surface area (Å²) in [5, 5.41) is 0. The highest BCUT2D eigenvalue weighted by Gasteiger charge is 2.02. The summed E-state index contributed by atoms with van der Waals surface area (Å²) < 4.78 is 0. The molecule has 0 bridgehead atoms. The van der Waals surface area contributed by atoms with Gasteiger partial charge in [-0.1, -0.05) is 18.1 Å². The molecule has 0 saturated heterocycles. The maximum Gasteiger partial charge on any atom is 0.174 e. The number of thioether (sulfide) groups is 1. The third kappa shape index (κ3) is 2.64. The van der Waals surface area contributed by atoms with E-state index in [1.807, 2.05) is 30.5 Å². The summed E-state index contributed by atoms with van der Waals surface area (Å²) in [6, 6.07) is 7.47. The first-order chi connectivity index (χ1) is 6.27. The highest BCUT2D eigenvalue weighted by atomic mass is 32.2. The van der Waals surface area contributed by atoms with Crippen LogP contribution >= 0.6 is 11.8 Å². The predicted octanol–water partition coefficient (Wildman–Crippen LogP) is 2.61. The fraction of sp³-hybridized carbons (Fsp3) is 0.182. The minimum atomic E-state index is 0.00940. The van der Waals surface area contributed by atoms with Gasteiger partial charge in [0.1, 0.15) is 0 Å². The molecule has 1 aromatic carbocycles. The third-order valence-corrected chi connectivity index (χ3v) is 2.42. The van der Waals surface area contributed by atoms with Gasteiger partial charge >= 0.3 is 0 Å². The van der Waals surface area contributed by atoms with Crippen molar-refractivity contribution in [3.8, 4) is 12.3 Å². The quantitative estimate of drug-likeness (QED) is 0.414. The summed E-state index contributed by atoms with van der Waals surface area (Å²) in [7, 11) is 0. The molecule has 0 N–H and O–H groups in total. The van der Waals surface area contributed by atoms with Crippen LogP contribution < -0.4 is 0 Å². The van der Waals surface area contributed by atoms with Crippen molar-refractivity contribution in [1.29, 1.82) is 0 Å². The molecular weight excluding hydrogens is 180 g/mol. The zero-order chi connectivity index (χ0) is 9.68. The zero-order valence-corrected chi connectivity index (χ0v) is 8.23. The average molecular weight is 190 g/mol. The summed E-state index contributed by atoms with van der Waals surface area (Å²) in [6.45, 7) is 0. The van der Waals surface area contributed by atoms with Crippen LogP contribution in [-0.2, 0) is 0 Å². The second-order valence-corrected chi connectivity index (χ2v) is 3.41. The van der Waals surface area contributed by atoms with Gasteiger partial charge in [-0.15, -0.1) is 18.2 Å². The monoisotopic (exact) mass is 190 g/mol. The minimum absolute atomic E-state index is 0.00940. The molecule has 0 aromatic heterocycles. The molecule has 0 aliphatic rings. The van der Waals surface area contributed by atoms with Crippen molar-refractivity contribution in [2.45, 2.75) is 11.3 Å². The molecule has 2 heteroatoms. The molecule has 13 heavy (non-hydrogen) atoms. The van der Waals surface area contributed by atoms with Gasteiger partial charge < -0.3 is 0 Å². The number of hydrogen-bond donors (Lipinski definition) is 0. The molecule has 0 atom stereocenters. The van der Waals surface area contributed by atoms with E-state index in [2.05, 4.69) is 5.92 Å². The lowest BCUT2D eigenvalue weighted by molar-refractivity contribution is 0.0998. The van der Waals surface area contributed by atoms with Crippen molar-refractivity contribution >= 4 is 17.5 Å². The summed E-state index contributed by atoms with van der Waals surface area (Å²) >= 11 is 1.65. The predicted molar refractivity (Wildman–Crippen MR) is 56.0 cm³/mol. The van der Waals surface area contributed by atoms with Crippen molar-refractivity contribution < 1.29 is 4.79 Å². The summed E-state index contributed by atoms with van der Waals surface area (Å²) in [5.74, 6) is 2.35. The van der Waals surface area contributed by atoms with E-state index in [1.165, 1.54) is 0 Å². The topological polar surface area (TPSA) is 17.1 Å². The fourth-order valence-electron chi connectivity index (χ4n) is 0.972. The minimum Gasteiger partial charge on any atom is -0.293 e. The second-order valence-electron chi connectivity index (χ2n) is 2.53. The van der Waals surface area contributed by atoms with E-state index in [0.717, 1.165) is 4.90 Å². The van der Waals surface area contributed by atoms with Crippen LogP contribution in [0.15, 0.2) is 29.2 Å². The lowest BCUT2D eigenvalue weighted by atomic mass is 10.1. The molecule has 0 aliphatic heterocycles. The fourth-order valence-corrected chi connectivity index (χ4v) is 1.38. The maximum atomic E-state index is 11.3. The average Bonchev–Trinajstić information content (AvgIpc) is 2.18. The largest absolute Gasteiger partial charge is 0.293 e. The summed E-state index contributed by atoms with van der Waals surface area (Å²) in [6.07, 6.45) is 7.23. The normalized spacial score (nSPS) is 9.23. The summed E-state index contributed by atoms with van der Waals surface area (Å²) in [4.78, 5) is 12.4. The van der Waals surface area contributed by atoms with E-state index in [-0.39, 0.29) is 12.2 Å². The van der Waals surface area contributed by atoms with Gasteiger partial charge in [-0.25, -0.2) is 0 Å². The Kier molecular flexibility index (Phi) is 3.60. The molecule has 0 spiro atoms. The van der Waals surface area contributed by atoms with Crippen molar-refractivity contribution in [3.05, 3.63) is 29.8 Å². The third-order valence-electron chi connectivity index (χ3n) is 1.67. The Bertz CT molecular complexity index is 332. The number of ketones is 1. The van der Waals surface area contributed by atoms with E-state index >= 15 is 0 Å². The van der Waals surface area contributed by atoms with Gasteiger partial charge in [-0.3, -0.25) is 4.79 Å². The van der Waals surface area contributed by atoms with Gasteiger partial charge in [0.25, 0.3) is 0 Å². The molecule has 0 aliphatic carbocycles. The van der Waals surface area contributed by atoms with Crippen molar-refractivity contribution in [1.82, 2.24) is 0 Å². The van der Waals surface area contributed by atoms with Crippen LogP contribution in [0.5, 0.6) is 0 Å². The number of terminal acetylenes is 1. The SMILES string of the molecule is C#CCC(=O)c1ccc(SC)cc1. The molecule has 0 saturated carbocycles. The number of carbonyl (C=O) groups excluding carboxylic acids is 1. The van der Waals surface area contributed by atoms with Gasteiger partial charge in [0.05, 0.1) is 6.42 Å². The highest BCUT2D eigenvalue weighted by Crippen LogP contribution is 2.15. The van der Waals surface area contributed by atoms with Gasteiger partial charge in [0.2, 0.25) is 0 Å². The molecule has 0 unspecified atom stereocenters. The van der Waals surface area contributed by atoms with Crippen LogP contribution in [0.25, 0.3) is 0 Å². The number of benzene rings is 1. The van der Waals surface area contributed by atoms with Crippen LogP contribution in [0.2, 0.25) is 0 Å². The van der Waals surface area contributed by atoms with Crippen LogP contribution in [0.4, 0.5) is 0 Å². The van der Waals surface area contributed by atoms with Crippen molar-refractivity contribution in [2.75, 3.05) is 6.26 Å². The van der Waals surface area contributed by atoms with E-state index < -0.39 is 0 Å². The first-order valence-electron chi connectivity index (χ1n) is 3.88. The number of carbonyl (C=O) groups is 1. The Hall–Kier alpha value is -1.20. The highest BCUT2D eigenvalue weighted by molar-refractivity contribution is 7.98. The maximum absolute atomic E-state index is 11.3. The van der Waals surface area contributed by atoms with Gasteiger partial charge in [-0.05, 0) is 18.4 Å². The number of Topliss-reactive ketones (excluding diaryl/α,β-unsaturated/α-hetero) is 1. The molecule has 0 heterocycles. The van der Waals surface area contributed by atoms with Crippen molar-refractivity contribution in [2.24, 2.45) is 0 Å². The smallest absolute Gasteiger partial charge is 0.174 e. The Morgan fingerprint density at radius 3 is 2.54 bits per heavy atom. The van der Waals surface area contributed by atoms with Gasteiger partial charge in [-0.2, -0.15) is 0 Å². The molecule has 0 radical (unpaired) electrons. The first-order valence-corrected chi connectivity index (χ1v) is 5.11. The van der Waals surface area contributed by atoms with E-state index in [1.54, 1.807) is 11.8 Å². The van der Waals surface area contributed by atoms with E-state index in [9.17, 15) is 4.79 Å². The Balaban J connectivity index is 2.81. The van der Waals surface area contributed by atoms with Crippen LogP contribution in [0.1, 0.15) is 16.8 Å². The zero-order valence-electron chi connectivity index (χ0n) is 7.41. The molecular formula is C11H10OS. The number of hydrogen-bond acceptors (Lipinski definition) is 2. The lowest BCUT2D eigenvalue weighted by Gasteiger charge is -1.98. The second kappa shape index (κ2) is 4.74. The van der Waals surface area contributed by atoms with E-state index in [0.29, 0.717) is 5.56 Å². The molecule has 0 amide bonds. The molecule has 1 aromatic rings. The molecule has 66 valence electrons. The molecule has 1 rings (SSSR count).